The van der Waals surface area contributed by atoms with Crippen LogP contribution in [0.4, 0.5) is 0 Å². The zero-order valence-corrected chi connectivity index (χ0v) is 21.1. The van der Waals surface area contributed by atoms with Crippen LogP contribution in [0.1, 0.15) is 45.2 Å². The maximum absolute atomic E-state index is 13.3. The molecule has 0 unspecified atom stereocenters. The van der Waals surface area contributed by atoms with Gasteiger partial charge in [0.2, 0.25) is 5.91 Å². The number of carbonyl (C=O) groups is 2. The zero-order chi connectivity index (χ0) is 24.4. The number of aliphatic imine (C=N–C) groups is 1. The SMILES string of the molecule is CCC1=C(C(=O)OC)[C@@H](c2ccccc2OC)N2C(CC(=O)N3C[C@@H](C)O[C@@H](C)C3)=CSC2=N1. The topological polar surface area (TPSA) is 80.7 Å². The van der Waals surface area contributed by atoms with Crippen molar-refractivity contribution in [3.63, 3.8) is 0 Å². The number of carbonyl (C=O) groups excluding carboxylic acids is 2. The number of hydrogen-bond acceptors (Lipinski definition) is 8. The van der Waals surface area contributed by atoms with E-state index < -0.39 is 12.0 Å². The van der Waals surface area contributed by atoms with E-state index in [4.69, 9.17) is 19.2 Å². The van der Waals surface area contributed by atoms with E-state index in [1.54, 1.807) is 7.11 Å². The molecule has 1 aromatic rings. The largest absolute Gasteiger partial charge is 0.496 e. The van der Waals surface area contributed by atoms with Gasteiger partial charge in [-0.1, -0.05) is 36.9 Å². The van der Waals surface area contributed by atoms with Gasteiger partial charge in [0.05, 0.1) is 50.2 Å². The molecule has 3 atom stereocenters. The number of thioether (sulfide) groups is 1. The number of methoxy groups -OCH3 is 2. The summed E-state index contributed by atoms with van der Waals surface area (Å²) in [5.74, 6) is 0.247. The normalized spacial score (nSPS) is 24.4. The molecular formula is C25H31N3O5S. The minimum Gasteiger partial charge on any atom is -0.496 e. The van der Waals surface area contributed by atoms with Gasteiger partial charge in [-0.15, -0.1) is 0 Å². The van der Waals surface area contributed by atoms with E-state index in [1.807, 2.05) is 60.2 Å². The number of hydrogen-bond donors (Lipinski definition) is 0. The van der Waals surface area contributed by atoms with E-state index in [2.05, 4.69) is 0 Å². The molecule has 182 valence electrons. The number of fused-ring (bicyclic) bond motifs is 1. The summed E-state index contributed by atoms with van der Waals surface area (Å²) in [6, 6.07) is 7.11. The highest BCUT2D eigenvalue weighted by atomic mass is 32.2. The molecule has 3 heterocycles. The molecule has 0 bridgehead atoms. The number of ether oxygens (including phenoxy) is 3. The van der Waals surface area contributed by atoms with Gasteiger partial charge in [-0.2, -0.15) is 0 Å². The summed E-state index contributed by atoms with van der Waals surface area (Å²) in [7, 11) is 2.99. The Kier molecular flexibility index (Phi) is 7.33. The lowest BCUT2D eigenvalue weighted by atomic mass is 9.92. The lowest BCUT2D eigenvalue weighted by molar-refractivity contribution is -0.142. The van der Waals surface area contributed by atoms with Crippen LogP contribution in [0.5, 0.6) is 5.75 Å². The molecule has 4 rings (SSSR count). The van der Waals surface area contributed by atoms with Gasteiger partial charge in [-0.3, -0.25) is 4.79 Å². The molecule has 1 fully saturated rings. The van der Waals surface area contributed by atoms with Crippen molar-refractivity contribution in [1.82, 2.24) is 9.80 Å². The average molecular weight is 486 g/mol. The Labute approximate surface area is 204 Å². The molecule has 34 heavy (non-hydrogen) atoms. The average Bonchev–Trinajstić information content (AvgIpc) is 3.23. The molecule has 0 aliphatic carbocycles. The van der Waals surface area contributed by atoms with E-state index >= 15 is 0 Å². The lowest BCUT2D eigenvalue weighted by Gasteiger charge is -2.38. The highest BCUT2D eigenvalue weighted by molar-refractivity contribution is 8.16. The number of amidine groups is 1. The maximum Gasteiger partial charge on any atom is 0.338 e. The number of benzene rings is 1. The van der Waals surface area contributed by atoms with Gasteiger partial charge in [0, 0.05) is 24.4 Å². The van der Waals surface area contributed by atoms with Gasteiger partial charge in [-0.25, -0.2) is 9.79 Å². The fourth-order valence-electron chi connectivity index (χ4n) is 4.75. The third-order valence-electron chi connectivity index (χ3n) is 6.17. The van der Waals surface area contributed by atoms with Gasteiger partial charge in [-0.05, 0) is 31.7 Å². The van der Waals surface area contributed by atoms with Gasteiger partial charge < -0.3 is 24.0 Å². The van der Waals surface area contributed by atoms with Gasteiger partial charge in [0.15, 0.2) is 5.17 Å². The predicted molar refractivity (Wildman–Crippen MR) is 131 cm³/mol. The predicted octanol–water partition coefficient (Wildman–Crippen LogP) is 3.86. The zero-order valence-electron chi connectivity index (χ0n) is 20.2. The van der Waals surface area contributed by atoms with Gasteiger partial charge in [0.25, 0.3) is 0 Å². The van der Waals surface area contributed by atoms with Crippen molar-refractivity contribution >= 4 is 28.8 Å². The smallest absolute Gasteiger partial charge is 0.338 e. The second kappa shape index (κ2) is 10.2. The summed E-state index contributed by atoms with van der Waals surface area (Å²) in [6.45, 7) is 7.05. The van der Waals surface area contributed by atoms with Crippen LogP contribution < -0.4 is 4.74 Å². The van der Waals surface area contributed by atoms with Gasteiger partial charge >= 0.3 is 5.97 Å². The van der Waals surface area contributed by atoms with E-state index in [1.165, 1.54) is 18.9 Å². The third kappa shape index (κ3) is 4.59. The minimum atomic E-state index is -0.511. The van der Waals surface area contributed by atoms with Crippen molar-refractivity contribution in [2.75, 3.05) is 27.3 Å². The monoisotopic (exact) mass is 485 g/mol. The number of para-hydroxylation sites is 1. The summed E-state index contributed by atoms with van der Waals surface area (Å²) >= 11 is 1.47. The Morgan fingerprint density at radius 3 is 2.53 bits per heavy atom. The number of amides is 1. The molecule has 8 nitrogen and oxygen atoms in total. The number of morpholine rings is 1. The number of esters is 1. The van der Waals surface area contributed by atoms with Crippen LogP contribution in [0, 0.1) is 0 Å². The van der Waals surface area contributed by atoms with E-state index in [9.17, 15) is 9.59 Å². The fourth-order valence-corrected chi connectivity index (χ4v) is 5.68. The minimum absolute atomic E-state index is 0.00551. The Balaban J connectivity index is 1.72. The van der Waals surface area contributed by atoms with Crippen LogP contribution in [0.3, 0.4) is 0 Å². The van der Waals surface area contributed by atoms with E-state index in [0.717, 1.165) is 16.4 Å². The van der Waals surface area contributed by atoms with Crippen LogP contribution in [-0.2, 0) is 19.1 Å². The molecule has 0 aromatic heterocycles. The second-order valence-corrected chi connectivity index (χ2v) is 9.41. The first kappa shape index (κ1) is 24.3. The standard InChI is InChI=1S/C25H31N3O5S/c1-6-19-22(24(30)32-5)23(18-9-7-8-10-20(18)31-4)28-17(14-34-25(28)26-19)11-21(29)27-12-15(2)33-16(3)13-27/h7-10,14-16,23H,6,11-13H2,1-5H3/t15-,16+,23-/m1/s1. The van der Waals surface area contributed by atoms with Crippen LogP contribution in [0.2, 0.25) is 0 Å². The summed E-state index contributed by atoms with van der Waals surface area (Å²) in [6.07, 6.45) is 0.766. The summed E-state index contributed by atoms with van der Waals surface area (Å²) in [5.41, 5.74) is 2.76. The Bertz CT molecular complexity index is 1060. The molecule has 0 N–H and O–H groups in total. The molecule has 3 aliphatic rings. The Hall–Kier alpha value is -2.78. The van der Waals surface area contributed by atoms with Crippen molar-refractivity contribution < 1.29 is 23.8 Å². The summed E-state index contributed by atoms with van der Waals surface area (Å²) < 4.78 is 16.6. The third-order valence-corrected chi connectivity index (χ3v) is 7.06. The maximum atomic E-state index is 13.3. The van der Waals surface area contributed by atoms with Crippen LogP contribution >= 0.6 is 11.8 Å². The number of rotatable bonds is 6. The van der Waals surface area contributed by atoms with E-state index in [-0.39, 0.29) is 24.5 Å². The summed E-state index contributed by atoms with van der Waals surface area (Å²) in [5, 5.41) is 2.70. The van der Waals surface area contributed by atoms with Crippen LogP contribution in [0.25, 0.3) is 0 Å². The number of allylic oxidation sites excluding steroid dienone is 1. The molecular weight excluding hydrogens is 454 g/mol. The highest BCUT2D eigenvalue weighted by Gasteiger charge is 2.43. The first-order valence-electron chi connectivity index (χ1n) is 11.5. The number of nitrogens with zero attached hydrogens (tertiary/aromatic N) is 3. The molecule has 1 amide bonds. The quantitative estimate of drug-likeness (QED) is 0.566. The van der Waals surface area contributed by atoms with Gasteiger partial charge in [0.1, 0.15) is 5.75 Å². The molecule has 9 heteroatoms. The lowest BCUT2D eigenvalue weighted by Crippen LogP contribution is -2.48. The van der Waals surface area contributed by atoms with Crippen molar-refractivity contribution in [3.05, 3.63) is 52.2 Å². The first-order chi connectivity index (χ1) is 16.4. The fraction of sp³-hybridized carbons (Fsp3) is 0.480. The Morgan fingerprint density at radius 1 is 1.18 bits per heavy atom. The van der Waals surface area contributed by atoms with Crippen molar-refractivity contribution in [2.45, 2.75) is 51.9 Å². The summed E-state index contributed by atoms with van der Waals surface area (Å²) in [4.78, 5) is 35.0. The van der Waals surface area contributed by atoms with Crippen LogP contribution in [-0.4, -0.2) is 66.4 Å². The highest BCUT2D eigenvalue weighted by Crippen LogP contribution is 2.47. The molecule has 1 saturated heterocycles. The van der Waals surface area contributed by atoms with Crippen molar-refractivity contribution in [2.24, 2.45) is 4.99 Å². The molecule has 0 saturated carbocycles. The first-order valence-corrected chi connectivity index (χ1v) is 12.4. The van der Waals surface area contributed by atoms with Crippen LogP contribution in [0.15, 0.2) is 51.6 Å². The van der Waals surface area contributed by atoms with Crippen molar-refractivity contribution in [1.29, 1.82) is 0 Å². The molecule has 1 aromatic carbocycles. The Morgan fingerprint density at radius 2 is 1.88 bits per heavy atom. The molecule has 0 radical (unpaired) electrons. The van der Waals surface area contributed by atoms with E-state index in [0.29, 0.717) is 36.5 Å². The molecule has 3 aliphatic heterocycles. The van der Waals surface area contributed by atoms with Crippen molar-refractivity contribution in [3.8, 4) is 5.75 Å². The second-order valence-electron chi connectivity index (χ2n) is 8.57. The molecule has 0 spiro atoms.